The van der Waals surface area contributed by atoms with Gasteiger partial charge in [-0.05, 0) is 24.9 Å². The lowest BCUT2D eigenvalue weighted by Crippen LogP contribution is -2.41. The van der Waals surface area contributed by atoms with Crippen LogP contribution in [0.15, 0.2) is 0 Å². The Morgan fingerprint density at radius 1 is 0.769 bits per heavy atom. The molecule has 0 amide bonds. The third-order valence-electron chi connectivity index (χ3n) is 2.22. The highest BCUT2D eigenvalue weighted by atomic mass is 28.4. The molecule has 0 aliphatic heterocycles. The van der Waals surface area contributed by atoms with Crippen LogP contribution < -0.4 is 0 Å². The van der Waals surface area contributed by atoms with Gasteiger partial charge in [-0.2, -0.15) is 0 Å². The highest BCUT2D eigenvalue weighted by molar-refractivity contribution is 6.67. The van der Waals surface area contributed by atoms with Crippen LogP contribution in [-0.4, -0.2) is 21.8 Å². The van der Waals surface area contributed by atoms with Crippen molar-refractivity contribution in [3.05, 3.63) is 0 Å². The summed E-state index contributed by atoms with van der Waals surface area (Å²) in [6, 6.07) is 2.15. The third-order valence-corrected chi connectivity index (χ3v) is 5.83. The Labute approximate surface area is 83.9 Å². The zero-order valence-corrected chi connectivity index (χ0v) is 10.6. The first kappa shape index (κ1) is 13.1. The van der Waals surface area contributed by atoms with Crippen molar-refractivity contribution in [2.45, 2.75) is 52.6 Å². The van der Waals surface area contributed by atoms with E-state index >= 15 is 0 Å². The summed E-state index contributed by atoms with van der Waals surface area (Å²) in [5, 5.41) is 0. The Morgan fingerprint density at radius 2 is 1.15 bits per heavy atom. The zero-order chi connectivity index (χ0) is 10.2. The lowest BCUT2D eigenvalue weighted by atomic mass is 10.5. The summed E-state index contributed by atoms with van der Waals surface area (Å²) in [4.78, 5) is 0. The van der Waals surface area contributed by atoms with Crippen molar-refractivity contribution in [1.82, 2.24) is 0 Å². The van der Waals surface area contributed by atoms with E-state index in [2.05, 4.69) is 27.7 Å². The van der Waals surface area contributed by atoms with Gasteiger partial charge < -0.3 is 8.85 Å². The molecule has 0 aromatic heterocycles. The van der Waals surface area contributed by atoms with Crippen molar-refractivity contribution in [3.63, 3.8) is 0 Å². The van der Waals surface area contributed by atoms with E-state index in [1.807, 2.05) is 0 Å². The summed E-state index contributed by atoms with van der Waals surface area (Å²) in [7, 11) is -1.79. The average Bonchev–Trinajstić information content (AvgIpc) is 2.20. The Kier molecular flexibility index (Phi) is 7.61. The molecule has 0 atom stereocenters. The first-order chi connectivity index (χ1) is 6.24. The summed E-state index contributed by atoms with van der Waals surface area (Å²) >= 11 is 0. The van der Waals surface area contributed by atoms with Crippen LogP contribution in [0.4, 0.5) is 0 Å². The number of rotatable bonds is 8. The number of hydrogen-bond acceptors (Lipinski definition) is 2. The van der Waals surface area contributed by atoms with Crippen LogP contribution in [0.2, 0.25) is 12.1 Å². The predicted octanol–water partition coefficient (Wildman–Crippen LogP) is 3.32. The monoisotopic (exact) mass is 204 g/mol. The van der Waals surface area contributed by atoms with Gasteiger partial charge in [0.15, 0.2) is 0 Å². The normalized spacial score (nSPS) is 12.0. The molecule has 0 aliphatic rings. The average molecular weight is 204 g/mol. The minimum atomic E-state index is -1.79. The standard InChI is InChI=1S/C10H24O2Si/c1-5-9-11-13(7-3,8-4)12-10-6-2/h5-10H2,1-4H3. The van der Waals surface area contributed by atoms with Gasteiger partial charge in [0.2, 0.25) is 0 Å². The molecule has 0 fully saturated rings. The van der Waals surface area contributed by atoms with Crippen LogP contribution in [0.1, 0.15) is 40.5 Å². The minimum Gasteiger partial charge on any atom is -0.394 e. The van der Waals surface area contributed by atoms with Gasteiger partial charge in [-0.3, -0.25) is 0 Å². The third kappa shape index (κ3) is 4.79. The van der Waals surface area contributed by atoms with Crippen molar-refractivity contribution in [3.8, 4) is 0 Å². The molecule has 0 saturated heterocycles. The maximum Gasteiger partial charge on any atom is 0.337 e. The van der Waals surface area contributed by atoms with Crippen LogP contribution in [0.5, 0.6) is 0 Å². The lowest BCUT2D eigenvalue weighted by Gasteiger charge is -2.28. The lowest BCUT2D eigenvalue weighted by molar-refractivity contribution is 0.169. The SMILES string of the molecule is CCCO[Si](CC)(CC)OCCC. The molecule has 80 valence electrons. The van der Waals surface area contributed by atoms with Gasteiger partial charge in [0, 0.05) is 13.2 Å². The Hall–Kier alpha value is 0.137. The fraction of sp³-hybridized carbons (Fsp3) is 1.00. The molecule has 0 radical (unpaired) electrons. The van der Waals surface area contributed by atoms with E-state index in [1.165, 1.54) is 0 Å². The quantitative estimate of drug-likeness (QED) is 0.565. The van der Waals surface area contributed by atoms with Crippen LogP contribution in [0.3, 0.4) is 0 Å². The molecular formula is C10H24O2Si. The maximum absolute atomic E-state index is 5.90. The first-order valence-electron chi connectivity index (χ1n) is 5.52. The summed E-state index contributed by atoms with van der Waals surface area (Å²) in [6.45, 7) is 10.4. The summed E-state index contributed by atoms with van der Waals surface area (Å²) in [6.07, 6.45) is 2.18. The van der Waals surface area contributed by atoms with Gasteiger partial charge >= 0.3 is 8.56 Å². The molecule has 0 aromatic rings. The second kappa shape index (κ2) is 7.53. The molecule has 0 aliphatic carbocycles. The molecule has 2 nitrogen and oxygen atoms in total. The molecule has 0 unspecified atom stereocenters. The molecule has 13 heavy (non-hydrogen) atoms. The van der Waals surface area contributed by atoms with E-state index in [-0.39, 0.29) is 0 Å². The summed E-state index contributed by atoms with van der Waals surface area (Å²) in [5.41, 5.74) is 0. The summed E-state index contributed by atoms with van der Waals surface area (Å²) in [5.74, 6) is 0. The highest BCUT2D eigenvalue weighted by Gasteiger charge is 2.32. The van der Waals surface area contributed by atoms with Crippen molar-refractivity contribution in [1.29, 1.82) is 0 Å². The Morgan fingerprint density at radius 3 is 1.38 bits per heavy atom. The van der Waals surface area contributed by atoms with E-state index in [9.17, 15) is 0 Å². The summed E-state index contributed by atoms with van der Waals surface area (Å²) < 4.78 is 11.8. The van der Waals surface area contributed by atoms with Gasteiger partial charge in [0.25, 0.3) is 0 Å². The largest absolute Gasteiger partial charge is 0.394 e. The first-order valence-corrected chi connectivity index (χ1v) is 7.75. The number of hydrogen-bond donors (Lipinski definition) is 0. The molecule has 3 heteroatoms. The van der Waals surface area contributed by atoms with Gasteiger partial charge in [0.1, 0.15) is 0 Å². The van der Waals surface area contributed by atoms with Crippen molar-refractivity contribution < 1.29 is 8.85 Å². The van der Waals surface area contributed by atoms with Gasteiger partial charge in [0.05, 0.1) is 0 Å². The minimum absolute atomic E-state index is 0.859. The van der Waals surface area contributed by atoms with Crippen LogP contribution in [0, 0.1) is 0 Å². The van der Waals surface area contributed by atoms with Gasteiger partial charge in [-0.15, -0.1) is 0 Å². The van der Waals surface area contributed by atoms with Crippen LogP contribution in [-0.2, 0) is 8.85 Å². The maximum atomic E-state index is 5.90. The highest BCUT2D eigenvalue weighted by Crippen LogP contribution is 2.18. The second-order valence-corrected chi connectivity index (χ2v) is 7.13. The van der Waals surface area contributed by atoms with E-state index in [0.29, 0.717) is 0 Å². The van der Waals surface area contributed by atoms with Crippen molar-refractivity contribution in [2.24, 2.45) is 0 Å². The second-order valence-electron chi connectivity index (χ2n) is 3.31. The smallest absolute Gasteiger partial charge is 0.337 e. The van der Waals surface area contributed by atoms with E-state index in [0.717, 1.165) is 38.1 Å². The molecule has 0 heterocycles. The molecule has 0 saturated carbocycles. The van der Waals surface area contributed by atoms with Crippen LogP contribution in [0.25, 0.3) is 0 Å². The predicted molar refractivity (Wildman–Crippen MR) is 59.2 cm³/mol. The molecule has 0 N–H and O–H groups in total. The van der Waals surface area contributed by atoms with E-state index in [4.69, 9.17) is 8.85 Å². The molecule has 0 spiro atoms. The van der Waals surface area contributed by atoms with Crippen molar-refractivity contribution in [2.75, 3.05) is 13.2 Å². The molecule has 0 rings (SSSR count). The fourth-order valence-electron chi connectivity index (χ4n) is 1.28. The zero-order valence-electron chi connectivity index (χ0n) is 9.56. The van der Waals surface area contributed by atoms with Gasteiger partial charge in [-0.25, -0.2) is 0 Å². The van der Waals surface area contributed by atoms with E-state index < -0.39 is 8.56 Å². The topological polar surface area (TPSA) is 18.5 Å². The van der Waals surface area contributed by atoms with E-state index in [1.54, 1.807) is 0 Å². The van der Waals surface area contributed by atoms with Crippen LogP contribution >= 0.6 is 0 Å². The van der Waals surface area contributed by atoms with Gasteiger partial charge in [-0.1, -0.05) is 27.7 Å². The molecule has 0 aromatic carbocycles. The fourth-order valence-corrected chi connectivity index (χ4v) is 3.83. The van der Waals surface area contributed by atoms with Crippen molar-refractivity contribution >= 4 is 8.56 Å². The Balaban J connectivity index is 3.97. The Bertz CT molecular complexity index is 103. The molecule has 0 bridgehead atoms. The molecular weight excluding hydrogens is 180 g/mol.